The highest BCUT2D eigenvalue weighted by Crippen LogP contribution is 2.22. The van der Waals surface area contributed by atoms with Crippen LogP contribution in [0.5, 0.6) is 11.5 Å². The molecule has 0 atom stereocenters. The maximum atomic E-state index is 12.0. The van der Waals surface area contributed by atoms with Gasteiger partial charge in [0.15, 0.2) is 0 Å². The molecule has 26 heavy (non-hydrogen) atoms. The molecular weight excluding hydrogens is 334 g/mol. The molecule has 0 aliphatic rings. The molecule has 0 radical (unpaired) electrons. The van der Waals surface area contributed by atoms with E-state index in [0.717, 1.165) is 12.0 Å². The Morgan fingerprint density at radius 3 is 2.54 bits per heavy atom. The van der Waals surface area contributed by atoms with Gasteiger partial charge in [-0.2, -0.15) is 5.10 Å². The van der Waals surface area contributed by atoms with Crippen molar-refractivity contribution >= 4 is 23.7 Å². The minimum absolute atomic E-state index is 0.560. The van der Waals surface area contributed by atoms with Gasteiger partial charge in [-0.25, -0.2) is 5.43 Å². The summed E-state index contributed by atoms with van der Waals surface area (Å²) in [5.41, 5.74) is 4.35. The fourth-order valence-corrected chi connectivity index (χ4v) is 2.28. The Morgan fingerprint density at radius 1 is 1.08 bits per heavy atom. The van der Waals surface area contributed by atoms with Gasteiger partial charge in [0.25, 0.3) is 0 Å². The van der Waals surface area contributed by atoms with E-state index < -0.39 is 11.8 Å². The van der Waals surface area contributed by atoms with E-state index in [1.807, 2.05) is 19.1 Å². The number of methoxy groups -OCH3 is 2. The number of aryl methyl sites for hydroxylation is 1. The van der Waals surface area contributed by atoms with E-state index in [1.165, 1.54) is 13.3 Å². The summed E-state index contributed by atoms with van der Waals surface area (Å²) >= 11 is 0. The SMILES string of the molecule is CCc1ccccc1NC(=O)C(=O)N/N=C/c1cc(OC)ccc1OC. The van der Waals surface area contributed by atoms with E-state index in [4.69, 9.17) is 9.47 Å². The number of hydrogen-bond donors (Lipinski definition) is 2. The maximum Gasteiger partial charge on any atom is 0.329 e. The molecule has 0 spiro atoms. The number of carbonyl (C=O) groups excluding carboxylic acids is 2. The van der Waals surface area contributed by atoms with E-state index in [2.05, 4.69) is 15.8 Å². The van der Waals surface area contributed by atoms with Crippen LogP contribution in [0.1, 0.15) is 18.1 Å². The summed E-state index contributed by atoms with van der Waals surface area (Å²) in [6, 6.07) is 12.5. The van der Waals surface area contributed by atoms with Crippen molar-refractivity contribution in [3.63, 3.8) is 0 Å². The third kappa shape index (κ3) is 4.83. The predicted octanol–water partition coefficient (Wildman–Crippen LogP) is 2.36. The van der Waals surface area contributed by atoms with E-state index >= 15 is 0 Å². The number of hydrazone groups is 1. The lowest BCUT2D eigenvalue weighted by atomic mass is 10.1. The topological polar surface area (TPSA) is 89.0 Å². The third-order valence-corrected chi connectivity index (χ3v) is 3.66. The largest absolute Gasteiger partial charge is 0.497 e. The second kappa shape index (κ2) is 9.22. The summed E-state index contributed by atoms with van der Waals surface area (Å²) in [5, 5.41) is 6.39. The molecule has 2 N–H and O–H groups in total. The number of rotatable bonds is 6. The van der Waals surface area contributed by atoms with Gasteiger partial charge in [0, 0.05) is 11.3 Å². The summed E-state index contributed by atoms with van der Waals surface area (Å²) in [4.78, 5) is 23.9. The molecule has 0 aliphatic carbocycles. The minimum Gasteiger partial charge on any atom is -0.497 e. The van der Waals surface area contributed by atoms with Gasteiger partial charge in [-0.3, -0.25) is 9.59 Å². The molecule has 7 heteroatoms. The smallest absolute Gasteiger partial charge is 0.329 e. The first-order valence-electron chi connectivity index (χ1n) is 8.03. The average Bonchev–Trinajstić information content (AvgIpc) is 2.68. The molecule has 2 aromatic rings. The van der Waals surface area contributed by atoms with Crippen LogP contribution in [0, 0.1) is 0 Å². The molecule has 0 aliphatic heterocycles. The Bertz CT molecular complexity index is 818. The number of carbonyl (C=O) groups is 2. The molecule has 0 heterocycles. The summed E-state index contributed by atoms with van der Waals surface area (Å²) in [7, 11) is 3.07. The molecule has 0 saturated carbocycles. The quantitative estimate of drug-likeness (QED) is 0.473. The van der Waals surface area contributed by atoms with E-state index in [9.17, 15) is 9.59 Å². The van der Waals surface area contributed by atoms with Crippen molar-refractivity contribution in [1.82, 2.24) is 5.43 Å². The van der Waals surface area contributed by atoms with Gasteiger partial charge in [-0.15, -0.1) is 0 Å². The number of anilines is 1. The molecule has 0 fully saturated rings. The summed E-state index contributed by atoms with van der Waals surface area (Å²) in [6.07, 6.45) is 2.12. The normalized spacial score (nSPS) is 10.4. The Hall–Kier alpha value is -3.35. The Morgan fingerprint density at radius 2 is 1.85 bits per heavy atom. The second-order valence-corrected chi connectivity index (χ2v) is 5.27. The fraction of sp³-hybridized carbons (Fsp3) is 0.211. The summed E-state index contributed by atoms with van der Waals surface area (Å²) < 4.78 is 10.4. The lowest BCUT2D eigenvalue weighted by Crippen LogP contribution is -2.32. The van der Waals surface area contributed by atoms with E-state index in [0.29, 0.717) is 22.7 Å². The van der Waals surface area contributed by atoms with Crippen molar-refractivity contribution in [3.8, 4) is 11.5 Å². The first kappa shape index (κ1) is 19.0. The Labute approximate surface area is 152 Å². The number of hydrogen-bond acceptors (Lipinski definition) is 5. The maximum absolute atomic E-state index is 12.0. The van der Waals surface area contributed by atoms with Gasteiger partial charge < -0.3 is 14.8 Å². The monoisotopic (exact) mass is 355 g/mol. The van der Waals surface area contributed by atoms with Crippen LogP contribution in [0.25, 0.3) is 0 Å². The molecule has 0 unspecified atom stereocenters. The zero-order valence-electron chi connectivity index (χ0n) is 14.9. The molecule has 2 rings (SSSR count). The molecule has 0 saturated heterocycles. The van der Waals surface area contributed by atoms with Crippen LogP contribution in [0.4, 0.5) is 5.69 Å². The molecule has 0 bridgehead atoms. The molecule has 2 aromatic carbocycles. The second-order valence-electron chi connectivity index (χ2n) is 5.27. The molecule has 7 nitrogen and oxygen atoms in total. The van der Waals surface area contributed by atoms with Crippen molar-refractivity contribution in [2.75, 3.05) is 19.5 Å². The van der Waals surface area contributed by atoms with Crippen LogP contribution in [0.3, 0.4) is 0 Å². The summed E-state index contributed by atoms with van der Waals surface area (Å²) in [6.45, 7) is 1.97. The molecule has 136 valence electrons. The van der Waals surface area contributed by atoms with E-state index in [-0.39, 0.29) is 0 Å². The highest BCUT2D eigenvalue weighted by atomic mass is 16.5. The summed E-state index contributed by atoms with van der Waals surface area (Å²) in [5.74, 6) is -0.479. The predicted molar refractivity (Wildman–Crippen MR) is 99.7 cm³/mol. The average molecular weight is 355 g/mol. The van der Waals surface area contributed by atoms with Gasteiger partial charge in [0.2, 0.25) is 0 Å². The zero-order valence-corrected chi connectivity index (χ0v) is 14.9. The van der Waals surface area contributed by atoms with Crippen molar-refractivity contribution in [3.05, 3.63) is 53.6 Å². The van der Waals surface area contributed by atoms with Gasteiger partial charge in [-0.1, -0.05) is 25.1 Å². The van der Waals surface area contributed by atoms with Crippen molar-refractivity contribution in [2.45, 2.75) is 13.3 Å². The van der Waals surface area contributed by atoms with E-state index in [1.54, 1.807) is 37.4 Å². The van der Waals surface area contributed by atoms with Crippen molar-refractivity contribution in [1.29, 1.82) is 0 Å². The van der Waals surface area contributed by atoms with Gasteiger partial charge in [-0.05, 0) is 36.2 Å². The van der Waals surface area contributed by atoms with Crippen LogP contribution < -0.4 is 20.2 Å². The minimum atomic E-state index is -0.867. The van der Waals surface area contributed by atoms with Crippen LogP contribution in [0.2, 0.25) is 0 Å². The van der Waals surface area contributed by atoms with Crippen molar-refractivity contribution < 1.29 is 19.1 Å². The number of nitrogens with zero attached hydrogens (tertiary/aromatic N) is 1. The standard InChI is InChI=1S/C19H21N3O4/c1-4-13-7-5-6-8-16(13)21-18(23)19(24)22-20-12-14-11-15(25-2)9-10-17(14)26-3/h5-12H,4H2,1-3H3,(H,21,23)(H,22,24)/b20-12+. The van der Waals surface area contributed by atoms with Crippen molar-refractivity contribution in [2.24, 2.45) is 5.10 Å². The number of ether oxygens (including phenoxy) is 2. The van der Waals surface area contributed by atoms with Gasteiger partial charge in [0.05, 0.1) is 20.4 Å². The Kier molecular flexibility index (Phi) is 6.73. The highest BCUT2D eigenvalue weighted by molar-refractivity contribution is 6.39. The molecule has 0 aromatic heterocycles. The number of amides is 2. The Balaban J connectivity index is 2.01. The lowest BCUT2D eigenvalue weighted by Gasteiger charge is -2.08. The van der Waals surface area contributed by atoms with Gasteiger partial charge in [0.1, 0.15) is 11.5 Å². The molecular formula is C19H21N3O4. The van der Waals surface area contributed by atoms with Crippen LogP contribution >= 0.6 is 0 Å². The third-order valence-electron chi connectivity index (χ3n) is 3.66. The first-order valence-corrected chi connectivity index (χ1v) is 8.03. The fourth-order valence-electron chi connectivity index (χ4n) is 2.28. The number of nitrogens with one attached hydrogen (secondary N) is 2. The first-order chi connectivity index (χ1) is 12.6. The highest BCUT2D eigenvalue weighted by Gasteiger charge is 2.14. The van der Waals surface area contributed by atoms with Crippen LogP contribution in [-0.4, -0.2) is 32.2 Å². The number of para-hydroxylation sites is 1. The van der Waals surface area contributed by atoms with Crippen LogP contribution in [-0.2, 0) is 16.0 Å². The lowest BCUT2D eigenvalue weighted by molar-refractivity contribution is -0.136. The zero-order chi connectivity index (χ0) is 18.9. The van der Waals surface area contributed by atoms with Crippen LogP contribution in [0.15, 0.2) is 47.6 Å². The number of benzene rings is 2. The van der Waals surface area contributed by atoms with Gasteiger partial charge >= 0.3 is 11.8 Å². The molecule has 2 amide bonds.